The largest absolute Gasteiger partial charge is 0.444 e. The van der Waals surface area contributed by atoms with Gasteiger partial charge in [0.1, 0.15) is 5.60 Å². The maximum absolute atomic E-state index is 11.8. The normalized spacial score (nSPS) is 11.1. The van der Waals surface area contributed by atoms with Crippen molar-refractivity contribution in [2.45, 2.75) is 32.8 Å². The lowest BCUT2D eigenvalue weighted by Gasteiger charge is -2.19. The summed E-state index contributed by atoms with van der Waals surface area (Å²) in [7, 11) is 0. The van der Waals surface area contributed by atoms with E-state index < -0.39 is 11.7 Å². The molecule has 0 spiro atoms. The standard InChI is InChI=1S/C21H24N6O3/c1-21(2,3)30-20(29)23-16-8-10-18(11-9-16)27-13-17(25-26-27)12-14-4-6-15(7-5-14)19(28)24-22/h4-11,13H,12,22H2,1-3H3,(H,23,29)(H,24,28). The molecule has 0 atom stereocenters. The predicted molar refractivity (Wildman–Crippen MR) is 112 cm³/mol. The minimum Gasteiger partial charge on any atom is -0.444 e. The summed E-state index contributed by atoms with van der Waals surface area (Å²) in [5.74, 6) is 4.80. The number of hydrogen-bond donors (Lipinski definition) is 3. The minimum atomic E-state index is -0.557. The summed E-state index contributed by atoms with van der Waals surface area (Å²) >= 11 is 0. The van der Waals surface area contributed by atoms with Crippen molar-refractivity contribution >= 4 is 17.7 Å². The van der Waals surface area contributed by atoms with Gasteiger partial charge in [-0.25, -0.2) is 15.3 Å². The quantitative estimate of drug-likeness (QED) is 0.339. The molecule has 9 nitrogen and oxygen atoms in total. The zero-order valence-electron chi connectivity index (χ0n) is 17.0. The van der Waals surface area contributed by atoms with Crippen LogP contribution in [0.25, 0.3) is 5.69 Å². The minimum absolute atomic E-state index is 0.336. The van der Waals surface area contributed by atoms with Crippen LogP contribution in [0, 0.1) is 0 Å². The Labute approximate surface area is 174 Å². The number of nitrogen functional groups attached to an aromatic ring is 1. The molecule has 0 aliphatic rings. The first kappa shape index (κ1) is 21.0. The van der Waals surface area contributed by atoms with Gasteiger partial charge in [0.2, 0.25) is 0 Å². The average Bonchev–Trinajstić information content (AvgIpc) is 3.15. The molecule has 2 aromatic carbocycles. The van der Waals surface area contributed by atoms with Crippen molar-refractivity contribution in [1.82, 2.24) is 20.4 Å². The topological polar surface area (TPSA) is 124 Å². The molecule has 30 heavy (non-hydrogen) atoms. The lowest BCUT2D eigenvalue weighted by molar-refractivity contribution is 0.0635. The second kappa shape index (κ2) is 8.75. The van der Waals surface area contributed by atoms with Crippen LogP contribution in [-0.4, -0.2) is 32.6 Å². The highest BCUT2D eigenvalue weighted by atomic mass is 16.6. The van der Waals surface area contributed by atoms with Crippen LogP contribution in [0.4, 0.5) is 10.5 Å². The van der Waals surface area contributed by atoms with Crippen LogP contribution in [0.15, 0.2) is 54.7 Å². The number of hydrogen-bond acceptors (Lipinski definition) is 6. The average molecular weight is 408 g/mol. The Bertz CT molecular complexity index is 1020. The molecule has 0 saturated heterocycles. The summed E-state index contributed by atoms with van der Waals surface area (Å²) in [5.41, 5.74) is 5.23. The molecule has 1 heterocycles. The van der Waals surface area contributed by atoms with Crippen LogP contribution in [0.5, 0.6) is 0 Å². The molecule has 3 aromatic rings. The molecular weight excluding hydrogens is 384 g/mol. The fourth-order valence-corrected chi connectivity index (χ4v) is 2.69. The number of benzene rings is 2. The summed E-state index contributed by atoms with van der Waals surface area (Å²) in [6.45, 7) is 5.43. The summed E-state index contributed by atoms with van der Waals surface area (Å²) in [4.78, 5) is 23.3. The third kappa shape index (κ3) is 5.65. The summed E-state index contributed by atoms with van der Waals surface area (Å²) in [5, 5.41) is 11.0. The third-order valence-corrected chi connectivity index (χ3v) is 4.05. The zero-order valence-corrected chi connectivity index (χ0v) is 17.0. The molecule has 0 bridgehead atoms. The molecule has 9 heteroatoms. The van der Waals surface area contributed by atoms with Crippen LogP contribution in [0.3, 0.4) is 0 Å². The number of anilines is 1. The van der Waals surface area contributed by atoms with Crippen LogP contribution in [0.1, 0.15) is 42.4 Å². The molecule has 0 fully saturated rings. The van der Waals surface area contributed by atoms with Gasteiger partial charge in [-0.15, -0.1) is 5.10 Å². The van der Waals surface area contributed by atoms with E-state index in [1.165, 1.54) is 0 Å². The zero-order chi connectivity index (χ0) is 21.7. The molecule has 3 rings (SSSR count). The second-order valence-corrected chi connectivity index (χ2v) is 7.68. The predicted octanol–water partition coefficient (Wildman–Crippen LogP) is 2.81. The number of amides is 2. The van der Waals surface area contributed by atoms with E-state index in [1.807, 2.05) is 51.2 Å². The van der Waals surface area contributed by atoms with E-state index in [2.05, 4.69) is 21.1 Å². The van der Waals surface area contributed by atoms with E-state index in [1.54, 1.807) is 28.9 Å². The van der Waals surface area contributed by atoms with E-state index in [0.717, 1.165) is 16.9 Å². The Hall–Kier alpha value is -3.72. The van der Waals surface area contributed by atoms with Crippen LogP contribution in [-0.2, 0) is 11.2 Å². The van der Waals surface area contributed by atoms with Gasteiger partial charge >= 0.3 is 6.09 Å². The van der Waals surface area contributed by atoms with Crippen LogP contribution < -0.4 is 16.6 Å². The molecule has 0 radical (unpaired) electrons. The smallest absolute Gasteiger partial charge is 0.412 e. The Morgan fingerprint density at radius 2 is 1.73 bits per heavy atom. The lowest BCUT2D eigenvalue weighted by Crippen LogP contribution is -2.29. The number of rotatable bonds is 5. The molecule has 0 aliphatic carbocycles. The van der Waals surface area contributed by atoms with Crippen molar-refractivity contribution in [1.29, 1.82) is 0 Å². The highest BCUT2D eigenvalue weighted by Gasteiger charge is 2.16. The van der Waals surface area contributed by atoms with Gasteiger partial charge < -0.3 is 4.74 Å². The van der Waals surface area contributed by atoms with E-state index >= 15 is 0 Å². The number of nitrogens with one attached hydrogen (secondary N) is 2. The second-order valence-electron chi connectivity index (χ2n) is 7.68. The van der Waals surface area contributed by atoms with Crippen molar-refractivity contribution in [3.63, 3.8) is 0 Å². The molecule has 0 saturated carbocycles. The van der Waals surface area contributed by atoms with Gasteiger partial charge in [0.15, 0.2) is 0 Å². The summed E-state index contributed by atoms with van der Waals surface area (Å²) in [6.07, 6.45) is 1.90. The summed E-state index contributed by atoms with van der Waals surface area (Å²) < 4.78 is 6.89. The van der Waals surface area contributed by atoms with Crippen molar-refractivity contribution in [3.05, 3.63) is 71.5 Å². The number of carbonyl (C=O) groups is 2. The number of carbonyl (C=O) groups excluding carboxylic acids is 2. The van der Waals surface area contributed by atoms with Gasteiger partial charge in [0, 0.05) is 17.7 Å². The van der Waals surface area contributed by atoms with Gasteiger partial charge in [-0.3, -0.25) is 15.5 Å². The first-order chi connectivity index (χ1) is 14.2. The fraction of sp³-hybridized carbons (Fsp3) is 0.238. The van der Waals surface area contributed by atoms with E-state index in [4.69, 9.17) is 10.6 Å². The molecular formula is C21H24N6O3. The lowest BCUT2D eigenvalue weighted by atomic mass is 10.1. The molecule has 1 aromatic heterocycles. The number of hydrazine groups is 1. The maximum Gasteiger partial charge on any atom is 0.412 e. The van der Waals surface area contributed by atoms with E-state index in [-0.39, 0.29) is 5.91 Å². The molecule has 0 unspecified atom stereocenters. The first-order valence-corrected chi connectivity index (χ1v) is 9.35. The maximum atomic E-state index is 11.8. The highest BCUT2D eigenvalue weighted by molar-refractivity contribution is 5.93. The molecule has 4 N–H and O–H groups in total. The Kier molecular flexibility index (Phi) is 6.12. The van der Waals surface area contributed by atoms with Crippen molar-refractivity contribution in [3.8, 4) is 5.69 Å². The Morgan fingerprint density at radius 3 is 2.33 bits per heavy atom. The van der Waals surface area contributed by atoms with E-state index in [0.29, 0.717) is 17.7 Å². The fourth-order valence-electron chi connectivity index (χ4n) is 2.69. The number of ether oxygens (including phenoxy) is 1. The van der Waals surface area contributed by atoms with Gasteiger partial charge in [-0.05, 0) is 62.7 Å². The Balaban J connectivity index is 1.63. The Morgan fingerprint density at radius 1 is 1.07 bits per heavy atom. The van der Waals surface area contributed by atoms with Crippen molar-refractivity contribution < 1.29 is 14.3 Å². The van der Waals surface area contributed by atoms with Gasteiger partial charge in [0.05, 0.1) is 17.6 Å². The monoisotopic (exact) mass is 408 g/mol. The van der Waals surface area contributed by atoms with Crippen molar-refractivity contribution in [2.75, 3.05) is 5.32 Å². The van der Waals surface area contributed by atoms with Gasteiger partial charge in [-0.2, -0.15) is 0 Å². The number of aromatic nitrogens is 3. The number of nitrogens with zero attached hydrogens (tertiary/aromatic N) is 3. The third-order valence-electron chi connectivity index (χ3n) is 4.05. The van der Waals surface area contributed by atoms with Crippen molar-refractivity contribution in [2.24, 2.45) is 5.84 Å². The van der Waals surface area contributed by atoms with Gasteiger partial charge in [-0.1, -0.05) is 17.3 Å². The molecule has 2 amide bonds. The van der Waals surface area contributed by atoms with Crippen LogP contribution in [0.2, 0.25) is 0 Å². The van der Waals surface area contributed by atoms with Gasteiger partial charge in [0.25, 0.3) is 5.91 Å². The summed E-state index contributed by atoms with van der Waals surface area (Å²) in [6, 6.07) is 14.3. The molecule has 156 valence electrons. The highest BCUT2D eigenvalue weighted by Crippen LogP contribution is 2.16. The van der Waals surface area contributed by atoms with Crippen LogP contribution >= 0.6 is 0 Å². The molecule has 0 aliphatic heterocycles. The first-order valence-electron chi connectivity index (χ1n) is 9.35. The van der Waals surface area contributed by atoms with E-state index in [9.17, 15) is 9.59 Å². The SMILES string of the molecule is CC(C)(C)OC(=O)Nc1ccc(-n2cc(Cc3ccc(C(=O)NN)cc3)nn2)cc1. The number of nitrogens with two attached hydrogens (primary N) is 1.